The molecule has 2 rings (SSSR count). The molecule has 1 aliphatic rings. The summed E-state index contributed by atoms with van der Waals surface area (Å²) < 4.78 is 0. The zero-order valence-corrected chi connectivity index (χ0v) is 14.5. The van der Waals surface area contributed by atoms with Crippen LogP contribution in [0.1, 0.15) is 50.2 Å². The van der Waals surface area contributed by atoms with Gasteiger partial charge in [0.05, 0.1) is 6.04 Å². The average Bonchev–Trinajstić information content (AvgIpc) is 3.38. The van der Waals surface area contributed by atoms with Gasteiger partial charge < -0.3 is 10.6 Å². The lowest BCUT2D eigenvalue weighted by molar-refractivity contribution is -0.123. The first-order chi connectivity index (χ1) is 11.2. The van der Waals surface area contributed by atoms with Crippen molar-refractivity contribution in [2.24, 2.45) is 5.92 Å². The Labute approximate surface area is 140 Å². The van der Waals surface area contributed by atoms with Crippen molar-refractivity contribution in [1.29, 1.82) is 0 Å². The Morgan fingerprint density at radius 1 is 1.35 bits per heavy atom. The second-order valence-corrected chi connectivity index (χ2v) is 6.46. The molecule has 1 aromatic rings. The van der Waals surface area contributed by atoms with E-state index in [1.165, 1.54) is 30.4 Å². The molecule has 0 radical (unpaired) electrons. The number of benzene rings is 1. The Kier molecular flexibility index (Phi) is 7.34. The molecule has 0 bridgehead atoms. The molecule has 126 valence electrons. The van der Waals surface area contributed by atoms with Gasteiger partial charge in [-0.05, 0) is 43.4 Å². The summed E-state index contributed by atoms with van der Waals surface area (Å²) in [6, 6.07) is 8.40. The summed E-state index contributed by atoms with van der Waals surface area (Å²) >= 11 is 0. The number of carbonyl (C=O) groups is 1. The van der Waals surface area contributed by atoms with Crippen molar-refractivity contribution in [2.45, 2.75) is 51.5 Å². The van der Waals surface area contributed by atoms with Gasteiger partial charge in [-0.25, -0.2) is 0 Å². The van der Waals surface area contributed by atoms with Gasteiger partial charge in [-0.3, -0.25) is 4.79 Å². The molecule has 0 aliphatic heterocycles. The van der Waals surface area contributed by atoms with Crippen LogP contribution in [0, 0.1) is 5.92 Å². The van der Waals surface area contributed by atoms with Crippen molar-refractivity contribution in [2.75, 3.05) is 13.6 Å². The first-order valence-electron chi connectivity index (χ1n) is 8.94. The third kappa shape index (κ3) is 6.19. The predicted molar refractivity (Wildman–Crippen MR) is 97.3 cm³/mol. The van der Waals surface area contributed by atoms with Gasteiger partial charge in [-0.1, -0.05) is 62.6 Å². The van der Waals surface area contributed by atoms with Crippen LogP contribution in [-0.4, -0.2) is 25.5 Å². The Morgan fingerprint density at radius 3 is 2.83 bits per heavy atom. The quantitative estimate of drug-likeness (QED) is 0.693. The van der Waals surface area contributed by atoms with Gasteiger partial charge in [0.1, 0.15) is 0 Å². The van der Waals surface area contributed by atoms with Crippen molar-refractivity contribution >= 4 is 12.0 Å². The smallest absolute Gasteiger partial charge is 0.237 e. The van der Waals surface area contributed by atoms with E-state index >= 15 is 0 Å². The number of rotatable bonds is 10. The highest BCUT2D eigenvalue weighted by molar-refractivity contribution is 5.81. The zero-order valence-electron chi connectivity index (χ0n) is 14.5. The molecule has 1 unspecified atom stereocenters. The Hall–Kier alpha value is -1.61. The van der Waals surface area contributed by atoms with E-state index in [4.69, 9.17) is 0 Å². The molecule has 1 fully saturated rings. The molecule has 23 heavy (non-hydrogen) atoms. The second-order valence-electron chi connectivity index (χ2n) is 6.46. The highest BCUT2D eigenvalue weighted by Crippen LogP contribution is 2.33. The Bertz CT molecular complexity index is 520. The molecule has 1 atom stereocenters. The molecule has 0 heterocycles. The maximum atomic E-state index is 12.2. The molecule has 3 heteroatoms. The van der Waals surface area contributed by atoms with Gasteiger partial charge in [-0.15, -0.1) is 0 Å². The average molecular weight is 314 g/mol. The van der Waals surface area contributed by atoms with E-state index in [0.717, 1.165) is 25.2 Å². The fourth-order valence-electron chi connectivity index (χ4n) is 2.88. The van der Waals surface area contributed by atoms with Crippen LogP contribution in [0.5, 0.6) is 0 Å². The van der Waals surface area contributed by atoms with Crippen molar-refractivity contribution in [1.82, 2.24) is 10.6 Å². The first kappa shape index (κ1) is 17.7. The number of amides is 1. The molecule has 1 aliphatic carbocycles. The lowest BCUT2D eigenvalue weighted by atomic mass is 10.0. The summed E-state index contributed by atoms with van der Waals surface area (Å²) in [5, 5.41) is 6.14. The maximum Gasteiger partial charge on any atom is 0.237 e. The first-order valence-corrected chi connectivity index (χ1v) is 8.94. The third-order valence-electron chi connectivity index (χ3n) is 4.49. The van der Waals surface area contributed by atoms with Crippen LogP contribution < -0.4 is 10.6 Å². The van der Waals surface area contributed by atoms with Crippen LogP contribution in [0.15, 0.2) is 30.3 Å². The van der Waals surface area contributed by atoms with Gasteiger partial charge in [-0.2, -0.15) is 0 Å². The molecule has 3 nitrogen and oxygen atoms in total. The van der Waals surface area contributed by atoms with Crippen LogP contribution in [0.25, 0.3) is 6.08 Å². The van der Waals surface area contributed by atoms with Crippen molar-refractivity contribution in [3.8, 4) is 0 Å². The van der Waals surface area contributed by atoms with Gasteiger partial charge in [0.2, 0.25) is 5.91 Å². The van der Waals surface area contributed by atoms with Crippen molar-refractivity contribution < 1.29 is 4.79 Å². The minimum atomic E-state index is -0.0589. The molecule has 1 aromatic carbocycles. The molecule has 1 saturated carbocycles. The summed E-state index contributed by atoms with van der Waals surface area (Å²) in [5.41, 5.74) is 2.62. The monoisotopic (exact) mass is 314 g/mol. The van der Waals surface area contributed by atoms with E-state index in [0.29, 0.717) is 6.54 Å². The molecule has 0 spiro atoms. The third-order valence-corrected chi connectivity index (χ3v) is 4.49. The number of hydrogen-bond acceptors (Lipinski definition) is 2. The summed E-state index contributed by atoms with van der Waals surface area (Å²) in [6.45, 7) is 2.78. The van der Waals surface area contributed by atoms with Gasteiger partial charge in [0.15, 0.2) is 0 Å². The largest absolute Gasteiger partial charge is 0.351 e. The van der Waals surface area contributed by atoms with Crippen LogP contribution in [0.2, 0.25) is 0 Å². The van der Waals surface area contributed by atoms with Gasteiger partial charge in [0, 0.05) is 6.54 Å². The lowest BCUT2D eigenvalue weighted by Crippen LogP contribution is -2.42. The maximum absolute atomic E-state index is 12.2. The van der Waals surface area contributed by atoms with E-state index in [1.54, 1.807) is 0 Å². The summed E-state index contributed by atoms with van der Waals surface area (Å²) in [4.78, 5) is 12.2. The Balaban J connectivity index is 1.77. The molecular formula is C20H30N2O. The minimum Gasteiger partial charge on any atom is -0.351 e. The van der Waals surface area contributed by atoms with Gasteiger partial charge >= 0.3 is 0 Å². The SMILES string of the molecule is CCCc1ccccc1/C=C/CNC(=O)C(CCC1CC1)NC. The van der Waals surface area contributed by atoms with E-state index in [-0.39, 0.29) is 11.9 Å². The van der Waals surface area contributed by atoms with Crippen LogP contribution in [-0.2, 0) is 11.2 Å². The highest BCUT2D eigenvalue weighted by atomic mass is 16.2. The van der Waals surface area contributed by atoms with E-state index in [1.807, 2.05) is 13.1 Å². The molecule has 0 saturated heterocycles. The normalized spacial score (nSPS) is 15.7. The topological polar surface area (TPSA) is 41.1 Å². The van der Waals surface area contributed by atoms with Crippen molar-refractivity contribution in [3.05, 3.63) is 41.5 Å². The van der Waals surface area contributed by atoms with E-state index < -0.39 is 0 Å². The molecule has 0 aromatic heterocycles. The fourth-order valence-corrected chi connectivity index (χ4v) is 2.88. The van der Waals surface area contributed by atoms with Crippen LogP contribution in [0.3, 0.4) is 0 Å². The highest BCUT2D eigenvalue weighted by Gasteiger charge is 2.24. The zero-order chi connectivity index (χ0) is 16.5. The summed E-state index contributed by atoms with van der Waals surface area (Å²) in [6.07, 6.45) is 11.2. The van der Waals surface area contributed by atoms with Crippen LogP contribution in [0.4, 0.5) is 0 Å². The minimum absolute atomic E-state index is 0.0589. The van der Waals surface area contributed by atoms with Crippen molar-refractivity contribution in [3.63, 3.8) is 0 Å². The second kappa shape index (κ2) is 9.51. The number of carbonyl (C=O) groups excluding carboxylic acids is 1. The van der Waals surface area contributed by atoms with E-state index in [9.17, 15) is 4.79 Å². The fraction of sp³-hybridized carbons (Fsp3) is 0.550. The standard InChI is InChI=1S/C20H30N2O/c1-3-7-17-8-4-5-9-18(17)10-6-15-22-20(23)19(21-2)14-13-16-11-12-16/h4-6,8-10,16,19,21H,3,7,11-15H2,1-2H3,(H,22,23)/b10-6+. The number of nitrogens with one attached hydrogen (secondary N) is 2. The Morgan fingerprint density at radius 2 is 2.13 bits per heavy atom. The molecule has 1 amide bonds. The molecule has 2 N–H and O–H groups in total. The molecular weight excluding hydrogens is 284 g/mol. The number of aryl methyl sites for hydroxylation is 1. The summed E-state index contributed by atoms with van der Waals surface area (Å²) in [7, 11) is 1.87. The lowest BCUT2D eigenvalue weighted by Gasteiger charge is -2.15. The summed E-state index contributed by atoms with van der Waals surface area (Å²) in [5.74, 6) is 0.980. The van der Waals surface area contributed by atoms with Crippen LogP contribution >= 0.6 is 0 Å². The predicted octanol–water partition coefficient (Wildman–Crippen LogP) is 3.55. The number of likely N-dealkylation sites (N-methyl/N-ethyl adjacent to an activating group) is 1. The number of hydrogen-bond donors (Lipinski definition) is 2. The van der Waals surface area contributed by atoms with Gasteiger partial charge in [0.25, 0.3) is 0 Å². The van der Waals surface area contributed by atoms with E-state index in [2.05, 4.69) is 47.9 Å².